The van der Waals surface area contributed by atoms with E-state index in [9.17, 15) is 4.79 Å². The third-order valence-electron chi connectivity index (χ3n) is 3.35. The van der Waals surface area contributed by atoms with Crippen molar-refractivity contribution in [3.05, 3.63) is 50.6 Å². The van der Waals surface area contributed by atoms with Crippen LogP contribution in [-0.2, 0) is 11.3 Å². The van der Waals surface area contributed by atoms with E-state index < -0.39 is 0 Å². The van der Waals surface area contributed by atoms with Gasteiger partial charge in [0.05, 0.1) is 6.54 Å². The number of hydrogen-bond acceptors (Lipinski definition) is 3. The third kappa shape index (κ3) is 4.85. The number of likely N-dealkylation sites (N-methyl/N-ethyl adjacent to an activating group) is 1. The van der Waals surface area contributed by atoms with Crippen LogP contribution in [0, 0.1) is 0 Å². The molecule has 2 rings (SSSR count). The molecule has 1 amide bonds. The summed E-state index contributed by atoms with van der Waals surface area (Å²) < 4.78 is 6.62. The second-order valence-electron chi connectivity index (χ2n) is 5.49. The Kier molecular flexibility index (Phi) is 6.03. The Bertz CT molecular complexity index is 622. The Morgan fingerprint density at radius 1 is 1.32 bits per heavy atom. The second-order valence-corrected chi connectivity index (χ2v) is 7.40. The standard InChI is InChI=1S/C17H20BrNO2S/c1-12(2)13-4-6-15(7-5-13)21-10-17(20)19(3)9-16-8-14(18)11-22-16/h4-8,11-12H,9-10H2,1-3H3. The summed E-state index contributed by atoms with van der Waals surface area (Å²) in [5.74, 6) is 1.19. The van der Waals surface area contributed by atoms with Gasteiger partial charge < -0.3 is 9.64 Å². The predicted molar refractivity (Wildman–Crippen MR) is 94.5 cm³/mol. The normalized spacial score (nSPS) is 10.8. The predicted octanol–water partition coefficient (Wildman–Crippen LogP) is 4.67. The van der Waals surface area contributed by atoms with Gasteiger partial charge in [0.25, 0.3) is 5.91 Å². The summed E-state index contributed by atoms with van der Waals surface area (Å²) in [5.41, 5.74) is 1.26. The van der Waals surface area contributed by atoms with Crippen LogP contribution in [0.1, 0.15) is 30.2 Å². The van der Waals surface area contributed by atoms with Gasteiger partial charge in [0.2, 0.25) is 0 Å². The summed E-state index contributed by atoms with van der Waals surface area (Å²) in [5, 5.41) is 2.01. The molecule has 0 atom stereocenters. The molecule has 0 bridgehead atoms. The van der Waals surface area contributed by atoms with Crippen LogP contribution in [0.2, 0.25) is 0 Å². The molecule has 0 saturated carbocycles. The van der Waals surface area contributed by atoms with E-state index in [2.05, 4.69) is 29.8 Å². The zero-order valence-electron chi connectivity index (χ0n) is 13.0. The van der Waals surface area contributed by atoms with Crippen LogP contribution in [0.15, 0.2) is 40.2 Å². The van der Waals surface area contributed by atoms with E-state index in [0.29, 0.717) is 12.5 Å². The van der Waals surface area contributed by atoms with Crippen molar-refractivity contribution < 1.29 is 9.53 Å². The highest BCUT2D eigenvalue weighted by molar-refractivity contribution is 9.10. The zero-order valence-corrected chi connectivity index (χ0v) is 15.4. The molecule has 2 aromatic rings. The van der Waals surface area contributed by atoms with Crippen molar-refractivity contribution in [2.45, 2.75) is 26.3 Å². The summed E-state index contributed by atoms with van der Waals surface area (Å²) in [6, 6.07) is 9.94. The summed E-state index contributed by atoms with van der Waals surface area (Å²) in [4.78, 5) is 14.9. The van der Waals surface area contributed by atoms with Crippen molar-refractivity contribution in [1.82, 2.24) is 4.90 Å². The number of ether oxygens (including phenoxy) is 1. The quantitative estimate of drug-likeness (QED) is 0.727. The summed E-state index contributed by atoms with van der Waals surface area (Å²) in [7, 11) is 1.79. The molecule has 1 aromatic carbocycles. The first-order chi connectivity index (χ1) is 10.5. The number of hydrogen-bond donors (Lipinski definition) is 0. The van der Waals surface area contributed by atoms with Gasteiger partial charge in [-0.15, -0.1) is 11.3 Å². The highest BCUT2D eigenvalue weighted by atomic mass is 79.9. The Hall–Kier alpha value is -1.33. The van der Waals surface area contributed by atoms with Crippen molar-refractivity contribution in [1.29, 1.82) is 0 Å². The fourth-order valence-electron chi connectivity index (χ4n) is 1.96. The molecule has 3 nitrogen and oxygen atoms in total. The van der Waals surface area contributed by atoms with Crippen LogP contribution < -0.4 is 4.74 Å². The SMILES string of the molecule is CC(C)c1ccc(OCC(=O)N(C)Cc2cc(Br)cs2)cc1. The van der Waals surface area contributed by atoms with Gasteiger partial charge in [0, 0.05) is 21.8 Å². The van der Waals surface area contributed by atoms with Gasteiger partial charge in [-0.3, -0.25) is 4.79 Å². The van der Waals surface area contributed by atoms with Crippen molar-refractivity contribution in [3.8, 4) is 5.75 Å². The fraction of sp³-hybridized carbons (Fsp3) is 0.353. The summed E-state index contributed by atoms with van der Waals surface area (Å²) in [6.45, 7) is 4.96. The maximum atomic E-state index is 12.1. The summed E-state index contributed by atoms with van der Waals surface area (Å²) >= 11 is 5.05. The maximum Gasteiger partial charge on any atom is 0.260 e. The highest BCUT2D eigenvalue weighted by Crippen LogP contribution is 2.21. The zero-order chi connectivity index (χ0) is 16.1. The van der Waals surface area contributed by atoms with Crippen molar-refractivity contribution in [2.24, 2.45) is 0 Å². The largest absolute Gasteiger partial charge is 0.484 e. The van der Waals surface area contributed by atoms with Crippen molar-refractivity contribution in [3.63, 3.8) is 0 Å². The topological polar surface area (TPSA) is 29.5 Å². The lowest BCUT2D eigenvalue weighted by molar-refractivity contribution is -0.132. The van der Waals surface area contributed by atoms with Crippen LogP contribution in [-0.4, -0.2) is 24.5 Å². The number of thiophene rings is 1. The molecule has 1 heterocycles. The first kappa shape index (κ1) is 17.0. The Morgan fingerprint density at radius 3 is 2.55 bits per heavy atom. The molecule has 22 heavy (non-hydrogen) atoms. The van der Waals surface area contributed by atoms with Gasteiger partial charge >= 0.3 is 0 Å². The van der Waals surface area contributed by atoms with Gasteiger partial charge in [-0.25, -0.2) is 0 Å². The van der Waals surface area contributed by atoms with E-state index in [1.54, 1.807) is 23.3 Å². The molecule has 0 saturated heterocycles. The first-order valence-electron chi connectivity index (χ1n) is 7.15. The molecule has 118 valence electrons. The average molecular weight is 382 g/mol. The van der Waals surface area contributed by atoms with Gasteiger partial charge in [0.1, 0.15) is 5.75 Å². The second kappa shape index (κ2) is 7.79. The van der Waals surface area contributed by atoms with Gasteiger partial charge in [-0.1, -0.05) is 26.0 Å². The van der Waals surface area contributed by atoms with E-state index >= 15 is 0 Å². The number of benzene rings is 1. The number of halogens is 1. The molecule has 0 radical (unpaired) electrons. The molecular formula is C17H20BrNO2S. The fourth-order valence-corrected chi connectivity index (χ4v) is 3.47. The lowest BCUT2D eigenvalue weighted by Gasteiger charge is -2.16. The van der Waals surface area contributed by atoms with Crippen molar-refractivity contribution >= 4 is 33.2 Å². The van der Waals surface area contributed by atoms with Gasteiger partial charge in [0.15, 0.2) is 6.61 Å². The van der Waals surface area contributed by atoms with Gasteiger partial charge in [-0.2, -0.15) is 0 Å². The Morgan fingerprint density at radius 2 is 2.00 bits per heavy atom. The molecule has 0 fully saturated rings. The molecule has 0 N–H and O–H groups in total. The number of nitrogens with zero attached hydrogens (tertiary/aromatic N) is 1. The van der Waals surface area contributed by atoms with Gasteiger partial charge in [-0.05, 0) is 45.6 Å². The number of carbonyl (C=O) groups excluding carboxylic acids is 1. The maximum absolute atomic E-state index is 12.1. The Labute approximate surface area is 144 Å². The average Bonchev–Trinajstić information content (AvgIpc) is 2.90. The van der Waals surface area contributed by atoms with E-state index in [1.165, 1.54) is 5.56 Å². The smallest absolute Gasteiger partial charge is 0.260 e. The minimum Gasteiger partial charge on any atom is -0.484 e. The first-order valence-corrected chi connectivity index (χ1v) is 8.82. The molecule has 0 aliphatic heterocycles. The Balaban J connectivity index is 1.83. The highest BCUT2D eigenvalue weighted by Gasteiger charge is 2.11. The molecule has 5 heteroatoms. The molecular weight excluding hydrogens is 362 g/mol. The van der Waals surface area contributed by atoms with Crippen LogP contribution in [0.4, 0.5) is 0 Å². The van der Waals surface area contributed by atoms with E-state index in [1.807, 2.05) is 35.7 Å². The molecule has 1 aromatic heterocycles. The minimum atomic E-state index is -0.0301. The monoisotopic (exact) mass is 381 g/mol. The lowest BCUT2D eigenvalue weighted by Crippen LogP contribution is -2.30. The minimum absolute atomic E-state index is 0.0301. The van der Waals surface area contributed by atoms with E-state index in [0.717, 1.165) is 15.1 Å². The molecule has 0 aliphatic carbocycles. The summed E-state index contributed by atoms with van der Waals surface area (Å²) in [6.07, 6.45) is 0. The van der Waals surface area contributed by atoms with Crippen LogP contribution >= 0.6 is 27.3 Å². The molecule has 0 spiro atoms. The molecule has 0 aliphatic rings. The van der Waals surface area contributed by atoms with Crippen LogP contribution in [0.3, 0.4) is 0 Å². The van der Waals surface area contributed by atoms with Crippen LogP contribution in [0.25, 0.3) is 0 Å². The van der Waals surface area contributed by atoms with E-state index in [-0.39, 0.29) is 12.5 Å². The lowest BCUT2D eigenvalue weighted by atomic mass is 10.0. The number of carbonyl (C=O) groups is 1. The number of rotatable bonds is 6. The third-order valence-corrected chi connectivity index (χ3v) is 5.03. The number of amides is 1. The van der Waals surface area contributed by atoms with Crippen LogP contribution in [0.5, 0.6) is 5.75 Å². The van der Waals surface area contributed by atoms with Crippen molar-refractivity contribution in [2.75, 3.05) is 13.7 Å². The van der Waals surface area contributed by atoms with E-state index in [4.69, 9.17) is 4.74 Å². The molecule has 0 unspecified atom stereocenters.